The Bertz CT molecular complexity index is 397. The molecule has 0 bridgehead atoms. The second kappa shape index (κ2) is 10.4. The monoisotopic (exact) mass is 289 g/mol. The van der Waals surface area contributed by atoms with Crippen molar-refractivity contribution in [2.24, 2.45) is 0 Å². The van der Waals surface area contributed by atoms with E-state index in [4.69, 9.17) is 0 Å². The molecule has 2 nitrogen and oxygen atoms in total. The van der Waals surface area contributed by atoms with Crippen molar-refractivity contribution >= 4 is 5.91 Å². The van der Waals surface area contributed by atoms with E-state index in [2.05, 4.69) is 32.9 Å². The van der Waals surface area contributed by atoms with Crippen LogP contribution in [0.1, 0.15) is 75.2 Å². The second-order valence-corrected chi connectivity index (χ2v) is 5.76. The minimum Gasteiger partial charge on any atom is -0.339 e. The summed E-state index contributed by atoms with van der Waals surface area (Å²) in [6.07, 6.45) is 8.09. The Balaban J connectivity index is 2.63. The van der Waals surface area contributed by atoms with Gasteiger partial charge in [0.25, 0.3) is 5.91 Å². The first-order valence-corrected chi connectivity index (χ1v) is 8.61. The molecule has 21 heavy (non-hydrogen) atoms. The van der Waals surface area contributed by atoms with Crippen LogP contribution in [0.5, 0.6) is 0 Å². The summed E-state index contributed by atoms with van der Waals surface area (Å²) < 4.78 is 0. The smallest absolute Gasteiger partial charge is 0.253 e. The van der Waals surface area contributed by atoms with Crippen molar-refractivity contribution in [2.45, 2.75) is 65.7 Å². The number of unbranched alkanes of at least 4 members (excludes halogenated alkanes) is 4. The fraction of sp³-hybridized carbons (Fsp3) is 0.632. The average Bonchev–Trinajstić information content (AvgIpc) is 2.53. The van der Waals surface area contributed by atoms with E-state index >= 15 is 0 Å². The van der Waals surface area contributed by atoms with Crippen LogP contribution >= 0.6 is 0 Å². The number of nitrogens with zero attached hydrogens (tertiary/aromatic N) is 1. The second-order valence-electron chi connectivity index (χ2n) is 5.76. The van der Waals surface area contributed by atoms with E-state index < -0.39 is 0 Å². The SMILES string of the molecule is CCCCCCN(CCCC)C(=O)c1ccc(CC)cc1. The minimum atomic E-state index is 0.197. The summed E-state index contributed by atoms with van der Waals surface area (Å²) in [6, 6.07) is 8.10. The fourth-order valence-corrected chi connectivity index (χ4v) is 2.46. The van der Waals surface area contributed by atoms with Crippen LogP contribution in [0.25, 0.3) is 0 Å². The molecule has 1 amide bonds. The third kappa shape index (κ3) is 6.33. The molecule has 0 atom stereocenters. The van der Waals surface area contributed by atoms with Crippen molar-refractivity contribution in [2.75, 3.05) is 13.1 Å². The Hall–Kier alpha value is -1.31. The van der Waals surface area contributed by atoms with Crippen LogP contribution in [-0.4, -0.2) is 23.9 Å². The molecule has 0 fully saturated rings. The maximum absolute atomic E-state index is 12.6. The molecule has 0 N–H and O–H groups in total. The van der Waals surface area contributed by atoms with Gasteiger partial charge in [0.1, 0.15) is 0 Å². The van der Waals surface area contributed by atoms with Gasteiger partial charge in [-0.15, -0.1) is 0 Å². The van der Waals surface area contributed by atoms with E-state index in [-0.39, 0.29) is 5.91 Å². The third-order valence-corrected chi connectivity index (χ3v) is 3.96. The van der Waals surface area contributed by atoms with E-state index in [0.29, 0.717) is 0 Å². The highest BCUT2D eigenvalue weighted by Crippen LogP contribution is 2.11. The predicted molar refractivity (Wildman–Crippen MR) is 90.8 cm³/mol. The van der Waals surface area contributed by atoms with Gasteiger partial charge in [0.05, 0.1) is 0 Å². The van der Waals surface area contributed by atoms with E-state index in [9.17, 15) is 4.79 Å². The molecule has 0 aromatic heterocycles. The van der Waals surface area contributed by atoms with Crippen LogP contribution in [0.2, 0.25) is 0 Å². The average molecular weight is 289 g/mol. The Morgan fingerprint density at radius 3 is 2.05 bits per heavy atom. The molecule has 0 aliphatic rings. The highest BCUT2D eigenvalue weighted by atomic mass is 16.2. The zero-order valence-corrected chi connectivity index (χ0v) is 14.0. The standard InChI is InChI=1S/C19H31NO/c1-4-7-9-10-16-20(15-8-5-2)19(21)18-13-11-17(6-3)12-14-18/h11-14H,4-10,15-16H2,1-3H3. The normalized spacial score (nSPS) is 10.6. The molecule has 1 rings (SSSR count). The van der Waals surface area contributed by atoms with Crippen LogP contribution in [0, 0.1) is 0 Å². The number of benzene rings is 1. The van der Waals surface area contributed by atoms with Crippen molar-refractivity contribution < 1.29 is 4.79 Å². The first-order valence-electron chi connectivity index (χ1n) is 8.61. The summed E-state index contributed by atoms with van der Waals surface area (Å²) in [5, 5.41) is 0. The molecule has 0 saturated heterocycles. The highest BCUT2D eigenvalue weighted by Gasteiger charge is 2.14. The molecule has 0 unspecified atom stereocenters. The van der Waals surface area contributed by atoms with Crippen LogP contribution in [0.3, 0.4) is 0 Å². The Labute approximate surface area is 130 Å². The molecule has 1 aromatic rings. The van der Waals surface area contributed by atoms with E-state index in [1.54, 1.807) is 0 Å². The van der Waals surface area contributed by atoms with Gasteiger partial charge in [0.15, 0.2) is 0 Å². The Morgan fingerprint density at radius 2 is 1.48 bits per heavy atom. The molecular weight excluding hydrogens is 258 g/mol. The van der Waals surface area contributed by atoms with Crippen LogP contribution in [0.4, 0.5) is 0 Å². The van der Waals surface area contributed by atoms with Crippen molar-refractivity contribution in [1.29, 1.82) is 0 Å². The minimum absolute atomic E-state index is 0.197. The molecule has 0 radical (unpaired) electrons. The molecular formula is C19H31NO. The number of amides is 1. The lowest BCUT2D eigenvalue weighted by Crippen LogP contribution is -2.33. The van der Waals surface area contributed by atoms with Gasteiger partial charge in [-0.25, -0.2) is 0 Å². The highest BCUT2D eigenvalue weighted by molar-refractivity contribution is 5.94. The molecule has 118 valence electrons. The van der Waals surface area contributed by atoms with E-state index in [1.807, 2.05) is 17.0 Å². The number of carbonyl (C=O) groups is 1. The summed E-state index contributed by atoms with van der Waals surface area (Å²) >= 11 is 0. The van der Waals surface area contributed by atoms with Crippen LogP contribution < -0.4 is 0 Å². The van der Waals surface area contributed by atoms with Gasteiger partial charge in [-0.05, 0) is 37.0 Å². The summed E-state index contributed by atoms with van der Waals surface area (Å²) in [5.41, 5.74) is 2.12. The van der Waals surface area contributed by atoms with Gasteiger partial charge in [-0.1, -0.05) is 58.6 Å². The van der Waals surface area contributed by atoms with Crippen LogP contribution in [0.15, 0.2) is 24.3 Å². The van der Waals surface area contributed by atoms with Gasteiger partial charge < -0.3 is 4.90 Å². The first-order chi connectivity index (χ1) is 10.2. The molecule has 2 heteroatoms. The topological polar surface area (TPSA) is 20.3 Å². The third-order valence-electron chi connectivity index (χ3n) is 3.96. The Morgan fingerprint density at radius 1 is 0.857 bits per heavy atom. The zero-order valence-electron chi connectivity index (χ0n) is 14.0. The number of aryl methyl sites for hydroxylation is 1. The molecule has 1 aromatic carbocycles. The van der Waals surface area contributed by atoms with E-state index in [0.717, 1.165) is 44.3 Å². The maximum atomic E-state index is 12.6. The first kappa shape index (κ1) is 17.7. The van der Waals surface area contributed by atoms with Gasteiger partial charge in [0, 0.05) is 18.7 Å². The number of hydrogen-bond donors (Lipinski definition) is 0. The Kier molecular flexibility index (Phi) is 8.80. The summed E-state index contributed by atoms with van der Waals surface area (Å²) in [4.78, 5) is 14.7. The summed E-state index contributed by atoms with van der Waals surface area (Å²) in [5.74, 6) is 0.197. The molecule has 0 aliphatic carbocycles. The molecule has 0 spiro atoms. The van der Waals surface area contributed by atoms with E-state index in [1.165, 1.54) is 24.8 Å². The maximum Gasteiger partial charge on any atom is 0.253 e. The predicted octanol–water partition coefficient (Wildman–Crippen LogP) is 5.07. The summed E-state index contributed by atoms with van der Waals surface area (Å²) in [7, 11) is 0. The van der Waals surface area contributed by atoms with Gasteiger partial charge in [-0.3, -0.25) is 4.79 Å². The molecule has 0 saturated carbocycles. The van der Waals surface area contributed by atoms with Crippen molar-refractivity contribution in [3.05, 3.63) is 35.4 Å². The van der Waals surface area contributed by atoms with Gasteiger partial charge >= 0.3 is 0 Å². The van der Waals surface area contributed by atoms with Crippen molar-refractivity contribution in [1.82, 2.24) is 4.90 Å². The number of hydrogen-bond acceptors (Lipinski definition) is 1. The lowest BCUT2D eigenvalue weighted by atomic mass is 10.1. The summed E-state index contributed by atoms with van der Waals surface area (Å²) in [6.45, 7) is 8.31. The quantitative estimate of drug-likeness (QED) is 0.551. The fourth-order valence-electron chi connectivity index (χ4n) is 2.46. The zero-order chi connectivity index (χ0) is 15.5. The lowest BCUT2D eigenvalue weighted by molar-refractivity contribution is 0.0750. The number of rotatable bonds is 10. The van der Waals surface area contributed by atoms with Crippen molar-refractivity contribution in [3.8, 4) is 0 Å². The largest absolute Gasteiger partial charge is 0.339 e. The van der Waals surface area contributed by atoms with Crippen molar-refractivity contribution in [3.63, 3.8) is 0 Å². The molecule has 0 heterocycles. The van der Waals surface area contributed by atoms with Gasteiger partial charge in [-0.2, -0.15) is 0 Å². The number of carbonyl (C=O) groups excluding carboxylic acids is 1. The molecule has 0 aliphatic heterocycles. The lowest BCUT2D eigenvalue weighted by Gasteiger charge is -2.23. The van der Waals surface area contributed by atoms with Crippen LogP contribution in [-0.2, 0) is 6.42 Å². The van der Waals surface area contributed by atoms with Gasteiger partial charge in [0.2, 0.25) is 0 Å².